The zero-order chi connectivity index (χ0) is 9.60. The molecule has 0 spiro atoms. The molecule has 0 atom stereocenters. The van der Waals surface area contributed by atoms with Crippen molar-refractivity contribution in [2.75, 3.05) is 6.54 Å². The summed E-state index contributed by atoms with van der Waals surface area (Å²) in [6, 6.07) is 0. The largest absolute Gasteiger partial charge is 0.297 e. The van der Waals surface area contributed by atoms with E-state index in [2.05, 4.69) is 18.1 Å². The van der Waals surface area contributed by atoms with Gasteiger partial charge in [0.2, 0.25) is 0 Å². The third-order valence-electron chi connectivity index (χ3n) is 4.63. The van der Waals surface area contributed by atoms with Crippen LogP contribution in [0.15, 0.2) is 4.99 Å². The SMILES string of the molecule is CCN=CC12CC3CC(CC(C3)C1)C2. The Bertz CT molecular complexity index is 219. The van der Waals surface area contributed by atoms with Gasteiger partial charge in [-0.2, -0.15) is 0 Å². The van der Waals surface area contributed by atoms with E-state index in [1.54, 1.807) is 0 Å². The molecule has 0 saturated heterocycles. The van der Waals surface area contributed by atoms with E-state index in [9.17, 15) is 0 Å². The van der Waals surface area contributed by atoms with Gasteiger partial charge < -0.3 is 0 Å². The van der Waals surface area contributed by atoms with E-state index in [1.165, 1.54) is 38.5 Å². The molecule has 0 aromatic carbocycles. The molecule has 14 heavy (non-hydrogen) atoms. The van der Waals surface area contributed by atoms with Crippen LogP contribution in [0.25, 0.3) is 0 Å². The summed E-state index contributed by atoms with van der Waals surface area (Å²) in [5, 5.41) is 0. The first kappa shape index (κ1) is 8.94. The molecular weight excluding hydrogens is 170 g/mol. The first-order valence-electron chi connectivity index (χ1n) is 6.31. The van der Waals surface area contributed by atoms with Crippen LogP contribution in [0.1, 0.15) is 45.4 Å². The summed E-state index contributed by atoms with van der Waals surface area (Å²) in [5.41, 5.74) is 0.560. The van der Waals surface area contributed by atoms with Crippen molar-refractivity contribution in [2.24, 2.45) is 28.2 Å². The number of hydrogen-bond acceptors (Lipinski definition) is 1. The topological polar surface area (TPSA) is 12.4 Å². The lowest BCUT2D eigenvalue weighted by molar-refractivity contribution is -0.00968. The molecule has 4 bridgehead atoms. The average Bonchev–Trinajstić information content (AvgIpc) is 2.12. The third-order valence-corrected chi connectivity index (χ3v) is 4.63. The number of rotatable bonds is 2. The maximum atomic E-state index is 4.54. The molecule has 4 fully saturated rings. The van der Waals surface area contributed by atoms with E-state index in [4.69, 9.17) is 0 Å². The van der Waals surface area contributed by atoms with Crippen LogP contribution in [0.3, 0.4) is 0 Å². The fraction of sp³-hybridized carbons (Fsp3) is 0.923. The van der Waals surface area contributed by atoms with E-state index in [0.717, 1.165) is 24.3 Å². The second-order valence-electron chi connectivity index (χ2n) is 5.91. The zero-order valence-corrected chi connectivity index (χ0v) is 9.21. The van der Waals surface area contributed by atoms with E-state index in [-0.39, 0.29) is 0 Å². The Morgan fingerprint density at radius 2 is 1.57 bits per heavy atom. The van der Waals surface area contributed by atoms with Crippen LogP contribution in [-0.2, 0) is 0 Å². The normalized spacial score (nSPS) is 50.5. The molecule has 1 heteroatoms. The Kier molecular flexibility index (Phi) is 1.97. The molecule has 0 N–H and O–H groups in total. The Balaban J connectivity index is 1.84. The summed E-state index contributed by atoms with van der Waals surface area (Å²) in [7, 11) is 0. The van der Waals surface area contributed by atoms with Crippen molar-refractivity contribution in [3.05, 3.63) is 0 Å². The molecular formula is C13H21N. The lowest BCUT2D eigenvalue weighted by Crippen LogP contribution is -2.46. The summed E-state index contributed by atoms with van der Waals surface area (Å²) >= 11 is 0. The minimum atomic E-state index is 0.560. The minimum absolute atomic E-state index is 0.560. The molecule has 0 aromatic heterocycles. The van der Waals surface area contributed by atoms with Crippen LogP contribution in [0.2, 0.25) is 0 Å². The molecule has 0 aliphatic heterocycles. The lowest BCUT2D eigenvalue weighted by atomic mass is 9.50. The predicted octanol–water partition coefficient (Wildman–Crippen LogP) is 3.29. The molecule has 0 unspecified atom stereocenters. The van der Waals surface area contributed by atoms with Gasteiger partial charge in [0.25, 0.3) is 0 Å². The fourth-order valence-corrected chi connectivity index (χ4v) is 4.62. The molecule has 0 amide bonds. The van der Waals surface area contributed by atoms with Crippen molar-refractivity contribution in [1.29, 1.82) is 0 Å². The smallest absolute Gasteiger partial charge is 0.0357 e. The average molecular weight is 191 g/mol. The molecule has 4 aliphatic rings. The van der Waals surface area contributed by atoms with Gasteiger partial charge in [-0.1, -0.05) is 0 Å². The maximum absolute atomic E-state index is 4.54. The highest BCUT2D eigenvalue weighted by Crippen LogP contribution is 2.59. The van der Waals surface area contributed by atoms with Gasteiger partial charge in [-0.3, -0.25) is 4.99 Å². The van der Waals surface area contributed by atoms with Crippen molar-refractivity contribution in [3.8, 4) is 0 Å². The Labute approximate surface area is 87.0 Å². The molecule has 0 heterocycles. The predicted molar refractivity (Wildman–Crippen MR) is 59.6 cm³/mol. The van der Waals surface area contributed by atoms with E-state index in [1.807, 2.05) is 0 Å². The Hall–Kier alpha value is -0.330. The van der Waals surface area contributed by atoms with Gasteiger partial charge in [0.05, 0.1) is 0 Å². The molecule has 4 saturated carbocycles. The zero-order valence-electron chi connectivity index (χ0n) is 9.21. The summed E-state index contributed by atoms with van der Waals surface area (Å²) in [6.07, 6.45) is 11.3. The molecule has 4 aliphatic carbocycles. The van der Waals surface area contributed by atoms with Gasteiger partial charge in [-0.25, -0.2) is 0 Å². The van der Waals surface area contributed by atoms with Crippen molar-refractivity contribution >= 4 is 6.21 Å². The second kappa shape index (κ2) is 3.08. The first-order valence-corrected chi connectivity index (χ1v) is 6.31. The van der Waals surface area contributed by atoms with Gasteiger partial charge in [0.15, 0.2) is 0 Å². The van der Waals surface area contributed by atoms with Gasteiger partial charge in [0, 0.05) is 18.2 Å². The Morgan fingerprint density at radius 3 is 2.00 bits per heavy atom. The fourth-order valence-electron chi connectivity index (χ4n) is 4.62. The van der Waals surface area contributed by atoms with Gasteiger partial charge in [0.1, 0.15) is 0 Å². The van der Waals surface area contributed by atoms with Crippen LogP contribution < -0.4 is 0 Å². The summed E-state index contributed by atoms with van der Waals surface area (Å²) < 4.78 is 0. The van der Waals surface area contributed by atoms with Gasteiger partial charge >= 0.3 is 0 Å². The number of nitrogens with zero attached hydrogens (tertiary/aromatic N) is 1. The monoisotopic (exact) mass is 191 g/mol. The summed E-state index contributed by atoms with van der Waals surface area (Å²) in [6.45, 7) is 3.12. The second-order valence-corrected chi connectivity index (χ2v) is 5.91. The van der Waals surface area contributed by atoms with Crippen LogP contribution in [0.5, 0.6) is 0 Å². The third kappa shape index (κ3) is 1.32. The van der Waals surface area contributed by atoms with Crippen LogP contribution in [-0.4, -0.2) is 12.8 Å². The highest BCUT2D eigenvalue weighted by molar-refractivity contribution is 5.66. The molecule has 1 nitrogen and oxygen atoms in total. The van der Waals surface area contributed by atoms with Crippen molar-refractivity contribution < 1.29 is 0 Å². The van der Waals surface area contributed by atoms with Gasteiger partial charge in [-0.05, 0) is 63.2 Å². The quantitative estimate of drug-likeness (QED) is 0.594. The van der Waals surface area contributed by atoms with Crippen LogP contribution in [0, 0.1) is 23.2 Å². The maximum Gasteiger partial charge on any atom is 0.0357 e. The highest BCUT2D eigenvalue weighted by Gasteiger charge is 2.49. The number of hydrogen-bond donors (Lipinski definition) is 0. The van der Waals surface area contributed by atoms with Crippen molar-refractivity contribution in [3.63, 3.8) is 0 Å². The summed E-state index contributed by atoms with van der Waals surface area (Å²) in [4.78, 5) is 4.54. The highest BCUT2D eigenvalue weighted by atomic mass is 14.7. The van der Waals surface area contributed by atoms with E-state index in [0.29, 0.717) is 5.41 Å². The standard InChI is InChI=1S/C13H21N/c1-2-14-9-13-6-10-3-11(7-13)5-12(4-10)8-13/h9-12H,2-8H2,1H3. The molecule has 78 valence electrons. The number of aliphatic imine (C=N–C) groups is 1. The van der Waals surface area contributed by atoms with E-state index < -0.39 is 0 Å². The van der Waals surface area contributed by atoms with Crippen LogP contribution >= 0.6 is 0 Å². The van der Waals surface area contributed by atoms with Gasteiger partial charge in [-0.15, -0.1) is 0 Å². The van der Waals surface area contributed by atoms with Crippen molar-refractivity contribution in [1.82, 2.24) is 0 Å². The molecule has 4 rings (SSSR count). The molecule has 0 radical (unpaired) electrons. The van der Waals surface area contributed by atoms with Crippen molar-refractivity contribution in [2.45, 2.75) is 45.4 Å². The van der Waals surface area contributed by atoms with Crippen LogP contribution in [0.4, 0.5) is 0 Å². The lowest BCUT2D eigenvalue weighted by Gasteiger charge is -2.55. The first-order chi connectivity index (χ1) is 6.80. The minimum Gasteiger partial charge on any atom is -0.297 e. The Morgan fingerprint density at radius 1 is 1.07 bits per heavy atom. The summed E-state index contributed by atoms with van der Waals surface area (Å²) in [5.74, 6) is 3.18. The molecule has 0 aromatic rings. The van der Waals surface area contributed by atoms with E-state index >= 15 is 0 Å².